The molecular formula is C19H30N2O2. The maximum absolute atomic E-state index is 12.7. The number of morpholine rings is 1. The van der Waals surface area contributed by atoms with E-state index in [0.717, 1.165) is 31.9 Å². The van der Waals surface area contributed by atoms with Crippen molar-refractivity contribution < 1.29 is 9.53 Å². The average Bonchev–Trinajstić information content (AvgIpc) is 2.56. The summed E-state index contributed by atoms with van der Waals surface area (Å²) in [7, 11) is 0. The zero-order chi connectivity index (χ0) is 16.9. The molecule has 1 N–H and O–H groups in total. The van der Waals surface area contributed by atoms with E-state index in [1.807, 2.05) is 44.2 Å². The summed E-state index contributed by atoms with van der Waals surface area (Å²) in [6.07, 6.45) is 0. The highest BCUT2D eigenvalue weighted by Gasteiger charge is 2.31. The molecule has 0 spiro atoms. The van der Waals surface area contributed by atoms with E-state index in [2.05, 4.69) is 24.1 Å². The van der Waals surface area contributed by atoms with Crippen LogP contribution in [0.2, 0.25) is 0 Å². The summed E-state index contributed by atoms with van der Waals surface area (Å²) in [5.41, 5.74) is 0.526. The first kappa shape index (κ1) is 18.0. The summed E-state index contributed by atoms with van der Waals surface area (Å²) in [5.74, 6) is 0.579. The van der Waals surface area contributed by atoms with Crippen molar-refractivity contribution in [1.82, 2.24) is 10.2 Å². The first-order valence-corrected chi connectivity index (χ1v) is 8.58. The number of amides is 1. The van der Waals surface area contributed by atoms with Crippen LogP contribution in [0.15, 0.2) is 30.3 Å². The summed E-state index contributed by atoms with van der Waals surface area (Å²) < 4.78 is 5.44. The third-order valence-corrected chi connectivity index (χ3v) is 4.82. The van der Waals surface area contributed by atoms with Gasteiger partial charge in [0.1, 0.15) is 0 Å². The van der Waals surface area contributed by atoms with Crippen LogP contribution in [-0.4, -0.2) is 49.7 Å². The number of benzene rings is 1. The van der Waals surface area contributed by atoms with Crippen molar-refractivity contribution in [3.63, 3.8) is 0 Å². The molecule has 1 aliphatic heterocycles. The van der Waals surface area contributed by atoms with Crippen molar-refractivity contribution in [2.75, 3.05) is 32.8 Å². The molecule has 0 bridgehead atoms. The third-order valence-electron chi connectivity index (χ3n) is 4.82. The summed E-state index contributed by atoms with van der Waals surface area (Å²) in [5, 5.41) is 3.18. The largest absolute Gasteiger partial charge is 0.379 e. The van der Waals surface area contributed by atoms with Crippen LogP contribution in [0.4, 0.5) is 0 Å². The molecule has 1 aromatic carbocycles. The second-order valence-corrected chi connectivity index (χ2v) is 7.16. The van der Waals surface area contributed by atoms with Crippen molar-refractivity contribution in [2.24, 2.45) is 5.92 Å². The molecule has 1 amide bonds. The van der Waals surface area contributed by atoms with Crippen molar-refractivity contribution in [3.05, 3.63) is 35.9 Å². The smallest absolute Gasteiger partial charge is 0.230 e. The van der Waals surface area contributed by atoms with E-state index in [9.17, 15) is 4.79 Å². The lowest BCUT2D eigenvalue weighted by Crippen LogP contribution is -2.53. The first-order chi connectivity index (χ1) is 10.9. The molecule has 1 heterocycles. The Morgan fingerprint density at radius 2 is 1.83 bits per heavy atom. The molecule has 4 nitrogen and oxygen atoms in total. The molecule has 0 aromatic heterocycles. The number of rotatable bonds is 6. The Morgan fingerprint density at radius 1 is 1.22 bits per heavy atom. The van der Waals surface area contributed by atoms with Gasteiger partial charge in [-0.15, -0.1) is 0 Å². The third kappa shape index (κ3) is 4.55. The van der Waals surface area contributed by atoms with Gasteiger partial charge in [-0.1, -0.05) is 44.2 Å². The Kier molecular flexibility index (Phi) is 6.19. The number of hydrogen-bond donors (Lipinski definition) is 1. The SMILES string of the molecule is CC(C)C(CNC(=O)C(C)(C)c1ccccc1)N1CCOCC1. The molecule has 1 saturated heterocycles. The van der Waals surface area contributed by atoms with E-state index < -0.39 is 5.41 Å². The van der Waals surface area contributed by atoms with E-state index in [1.165, 1.54) is 0 Å². The van der Waals surface area contributed by atoms with Gasteiger partial charge in [0.2, 0.25) is 5.91 Å². The maximum Gasteiger partial charge on any atom is 0.230 e. The van der Waals surface area contributed by atoms with Crippen molar-refractivity contribution in [3.8, 4) is 0 Å². The van der Waals surface area contributed by atoms with Gasteiger partial charge in [0, 0.05) is 25.7 Å². The van der Waals surface area contributed by atoms with Crippen molar-refractivity contribution in [1.29, 1.82) is 0 Å². The number of hydrogen-bond acceptors (Lipinski definition) is 3. The molecule has 1 aromatic rings. The molecule has 1 atom stereocenters. The van der Waals surface area contributed by atoms with Crippen LogP contribution in [0, 0.1) is 5.92 Å². The number of nitrogens with zero attached hydrogens (tertiary/aromatic N) is 1. The van der Waals surface area contributed by atoms with Gasteiger partial charge in [-0.2, -0.15) is 0 Å². The fourth-order valence-electron chi connectivity index (χ4n) is 3.10. The minimum Gasteiger partial charge on any atom is -0.379 e. The van der Waals surface area contributed by atoms with Crippen LogP contribution in [0.5, 0.6) is 0 Å². The van der Waals surface area contributed by atoms with Crippen molar-refractivity contribution >= 4 is 5.91 Å². The number of carbonyl (C=O) groups is 1. The molecule has 1 fully saturated rings. The highest BCUT2D eigenvalue weighted by Crippen LogP contribution is 2.23. The van der Waals surface area contributed by atoms with E-state index in [-0.39, 0.29) is 5.91 Å². The fourth-order valence-corrected chi connectivity index (χ4v) is 3.10. The lowest BCUT2D eigenvalue weighted by atomic mass is 9.83. The lowest BCUT2D eigenvalue weighted by Gasteiger charge is -2.37. The quantitative estimate of drug-likeness (QED) is 0.876. The predicted octanol–water partition coefficient (Wildman–Crippen LogP) is 2.44. The first-order valence-electron chi connectivity index (χ1n) is 8.58. The van der Waals surface area contributed by atoms with Gasteiger partial charge >= 0.3 is 0 Å². The molecule has 1 aliphatic rings. The fraction of sp³-hybridized carbons (Fsp3) is 0.632. The summed E-state index contributed by atoms with van der Waals surface area (Å²) >= 11 is 0. The Bertz CT molecular complexity index is 493. The Morgan fingerprint density at radius 3 is 2.39 bits per heavy atom. The number of nitrogens with one attached hydrogen (secondary N) is 1. The van der Waals surface area contributed by atoms with E-state index in [0.29, 0.717) is 18.5 Å². The molecule has 23 heavy (non-hydrogen) atoms. The van der Waals surface area contributed by atoms with Crippen molar-refractivity contribution in [2.45, 2.75) is 39.2 Å². The van der Waals surface area contributed by atoms with E-state index in [4.69, 9.17) is 4.74 Å². The zero-order valence-corrected chi connectivity index (χ0v) is 14.8. The average molecular weight is 318 g/mol. The molecule has 0 aliphatic carbocycles. The molecule has 2 rings (SSSR count). The van der Waals surface area contributed by atoms with Gasteiger partial charge in [0.25, 0.3) is 0 Å². The van der Waals surface area contributed by atoms with Gasteiger partial charge < -0.3 is 10.1 Å². The predicted molar refractivity (Wildman–Crippen MR) is 93.5 cm³/mol. The Hall–Kier alpha value is -1.39. The Balaban J connectivity index is 1.98. The molecule has 128 valence electrons. The monoisotopic (exact) mass is 318 g/mol. The number of ether oxygens (including phenoxy) is 1. The summed E-state index contributed by atoms with van der Waals surface area (Å²) in [6.45, 7) is 12.5. The van der Waals surface area contributed by atoms with Crippen LogP contribution in [0.25, 0.3) is 0 Å². The molecular weight excluding hydrogens is 288 g/mol. The second-order valence-electron chi connectivity index (χ2n) is 7.16. The normalized spacial score (nSPS) is 18.0. The van der Waals surface area contributed by atoms with E-state index >= 15 is 0 Å². The molecule has 0 radical (unpaired) electrons. The van der Waals surface area contributed by atoms with Gasteiger partial charge in [0.05, 0.1) is 18.6 Å². The molecule has 4 heteroatoms. The lowest BCUT2D eigenvalue weighted by molar-refractivity contribution is -0.126. The van der Waals surface area contributed by atoms with Gasteiger partial charge in [-0.3, -0.25) is 9.69 Å². The highest BCUT2D eigenvalue weighted by atomic mass is 16.5. The van der Waals surface area contributed by atoms with Crippen LogP contribution < -0.4 is 5.32 Å². The van der Waals surface area contributed by atoms with Gasteiger partial charge in [-0.25, -0.2) is 0 Å². The highest BCUT2D eigenvalue weighted by molar-refractivity contribution is 5.87. The number of carbonyl (C=O) groups excluding carboxylic acids is 1. The van der Waals surface area contributed by atoms with Crippen LogP contribution >= 0.6 is 0 Å². The van der Waals surface area contributed by atoms with Crippen LogP contribution in [-0.2, 0) is 14.9 Å². The van der Waals surface area contributed by atoms with Crippen LogP contribution in [0.1, 0.15) is 33.3 Å². The molecule has 1 unspecified atom stereocenters. The van der Waals surface area contributed by atoms with E-state index in [1.54, 1.807) is 0 Å². The second kappa shape index (κ2) is 7.93. The van der Waals surface area contributed by atoms with Gasteiger partial charge in [0.15, 0.2) is 0 Å². The minimum absolute atomic E-state index is 0.0857. The summed E-state index contributed by atoms with van der Waals surface area (Å²) in [4.78, 5) is 15.2. The van der Waals surface area contributed by atoms with Gasteiger partial charge in [-0.05, 0) is 25.3 Å². The molecule has 0 saturated carbocycles. The Labute approximate surface area is 140 Å². The zero-order valence-electron chi connectivity index (χ0n) is 14.8. The van der Waals surface area contributed by atoms with Crippen LogP contribution in [0.3, 0.4) is 0 Å². The standard InChI is InChI=1S/C19H30N2O2/c1-15(2)17(21-10-12-23-13-11-21)14-20-18(22)19(3,4)16-8-6-5-7-9-16/h5-9,15,17H,10-14H2,1-4H3,(H,20,22). The topological polar surface area (TPSA) is 41.6 Å². The summed E-state index contributed by atoms with van der Waals surface area (Å²) in [6, 6.07) is 10.3. The minimum atomic E-state index is -0.520. The maximum atomic E-state index is 12.7.